The van der Waals surface area contributed by atoms with Crippen LogP contribution in [0.3, 0.4) is 0 Å². The van der Waals surface area contributed by atoms with Gasteiger partial charge in [-0.3, -0.25) is 0 Å². The third kappa shape index (κ3) is 6.12. The van der Waals surface area contributed by atoms with Crippen LogP contribution in [-0.4, -0.2) is 34.7 Å². The molecule has 0 N–H and O–H groups in total. The van der Waals surface area contributed by atoms with Crippen molar-refractivity contribution in [2.24, 2.45) is 0 Å². The molecule has 35 heavy (non-hydrogen) atoms. The highest BCUT2D eigenvalue weighted by atomic mass is 35.5. The predicted octanol–water partition coefficient (Wildman–Crippen LogP) is 6.06. The van der Waals surface area contributed by atoms with Gasteiger partial charge in [-0.2, -0.15) is 0 Å². The summed E-state index contributed by atoms with van der Waals surface area (Å²) in [6, 6.07) is 20.7. The first-order valence-corrected chi connectivity index (χ1v) is 11.6. The molecule has 0 fully saturated rings. The number of nitrogens with zero attached hydrogens (tertiary/aromatic N) is 3. The van der Waals surface area contributed by atoms with Crippen molar-refractivity contribution in [2.45, 2.75) is 20.1 Å². The van der Waals surface area contributed by atoms with Crippen molar-refractivity contribution in [3.8, 4) is 22.8 Å². The number of benzene rings is 3. The summed E-state index contributed by atoms with van der Waals surface area (Å²) in [7, 11) is 1.61. The van der Waals surface area contributed by atoms with Gasteiger partial charge in [0.05, 0.1) is 20.3 Å². The van der Waals surface area contributed by atoms with Crippen LogP contribution in [0.25, 0.3) is 11.1 Å². The zero-order valence-electron chi connectivity index (χ0n) is 19.2. The van der Waals surface area contributed by atoms with E-state index in [1.807, 2.05) is 60.7 Å². The van der Waals surface area contributed by atoms with Gasteiger partial charge in [0, 0.05) is 10.0 Å². The summed E-state index contributed by atoms with van der Waals surface area (Å²) in [6.07, 6.45) is 0. The number of hydrogen-bond donors (Lipinski definition) is 0. The molecule has 0 aliphatic carbocycles. The molecule has 0 saturated carbocycles. The lowest BCUT2D eigenvalue weighted by Crippen LogP contribution is -2.11. The number of aromatic nitrogens is 3. The van der Waals surface area contributed by atoms with Crippen LogP contribution in [0.2, 0.25) is 10.0 Å². The molecule has 1 heterocycles. The van der Waals surface area contributed by atoms with E-state index in [0.29, 0.717) is 16.6 Å². The van der Waals surface area contributed by atoms with E-state index in [1.165, 1.54) is 4.68 Å². The Kier molecular flexibility index (Phi) is 7.90. The quantitative estimate of drug-likeness (QED) is 0.254. The highest BCUT2D eigenvalue weighted by Crippen LogP contribution is 2.28. The summed E-state index contributed by atoms with van der Waals surface area (Å²) < 4.78 is 17.9. The van der Waals surface area contributed by atoms with Gasteiger partial charge < -0.3 is 14.2 Å². The number of carbonyl (C=O) groups is 1. The van der Waals surface area contributed by atoms with E-state index in [4.69, 9.17) is 37.4 Å². The van der Waals surface area contributed by atoms with E-state index < -0.39 is 5.97 Å². The van der Waals surface area contributed by atoms with Crippen LogP contribution in [0.5, 0.6) is 11.6 Å². The fraction of sp³-hybridized carbons (Fsp3) is 0.192. The van der Waals surface area contributed by atoms with Crippen LogP contribution in [0.15, 0.2) is 66.7 Å². The number of ether oxygens (including phenoxy) is 3. The molecule has 4 aromatic rings. The van der Waals surface area contributed by atoms with Crippen molar-refractivity contribution >= 4 is 29.2 Å². The monoisotopic (exact) mass is 511 g/mol. The van der Waals surface area contributed by atoms with Crippen molar-refractivity contribution in [1.29, 1.82) is 0 Å². The Bertz CT molecular complexity index is 1290. The van der Waals surface area contributed by atoms with Crippen LogP contribution < -0.4 is 9.47 Å². The van der Waals surface area contributed by atoms with Gasteiger partial charge >= 0.3 is 5.97 Å². The fourth-order valence-corrected chi connectivity index (χ4v) is 3.97. The predicted molar refractivity (Wildman–Crippen MR) is 134 cm³/mol. The molecule has 7 nitrogen and oxygen atoms in total. The molecule has 9 heteroatoms. The molecule has 0 unspecified atom stereocenters. The number of halogens is 2. The van der Waals surface area contributed by atoms with Gasteiger partial charge in [-0.05, 0) is 59.5 Å². The van der Waals surface area contributed by atoms with Crippen molar-refractivity contribution in [1.82, 2.24) is 15.0 Å². The number of hydrogen-bond acceptors (Lipinski definition) is 6. The Balaban J connectivity index is 1.53. The number of esters is 1. The summed E-state index contributed by atoms with van der Waals surface area (Å²) >= 11 is 12.3. The Hall–Kier alpha value is -3.55. The SMILES string of the molecule is CCOC(=O)c1nnn(Cc2ccc(OC)cc2)c1OCc1ccc(-c2cc(Cl)cc(Cl)c2)cc1. The summed E-state index contributed by atoms with van der Waals surface area (Å²) in [4.78, 5) is 12.4. The molecule has 4 rings (SSSR count). The zero-order chi connectivity index (χ0) is 24.8. The van der Waals surface area contributed by atoms with Crippen molar-refractivity contribution < 1.29 is 19.0 Å². The lowest BCUT2D eigenvalue weighted by molar-refractivity contribution is 0.0513. The molecular weight excluding hydrogens is 489 g/mol. The minimum absolute atomic E-state index is 0.0329. The lowest BCUT2D eigenvalue weighted by atomic mass is 10.0. The van der Waals surface area contributed by atoms with Crippen molar-refractivity contribution in [3.63, 3.8) is 0 Å². The standard InChI is InChI=1S/C26H23Cl2N3O4/c1-3-34-26(32)24-25(31(30-29-24)15-17-6-10-23(33-2)11-7-17)35-16-18-4-8-19(9-5-18)20-12-21(27)14-22(28)13-20/h4-14H,3,15-16H2,1-2H3. The van der Waals surface area contributed by atoms with Gasteiger partial charge in [-0.15, -0.1) is 5.10 Å². The Labute approximate surface area is 213 Å². The van der Waals surface area contributed by atoms with Crippen molar-refractivity contribution in [3.05, 3.63) is 93.6 Å². The molecule has 3 aromatic carbocycles. The molecule has 0 spiro atoms. The Morgan fingerprint density at radius 2 is 1.57 bits per heavy atom. The summed E-state index contributed by atoms with van der Waals surface area (Å²) in [5, 5.41) is 9.28. The molecule has 0 aliphatic heterocycles. The second kappa shape index (κ2) is 11.3. The minimum Gasteiger partial charge on any atom is -0.497 e. The fourth-order valence-electron chi connectivity index (χ4n) is 3.45. The maximum absolute atomic E-state index is 12.4. The summed E-state index contributed by atoms with van der Waals surface area (Å²) in [5.74, 6) is 0.404. The second-order valence-corrected chi connectivity index (χ2v) is 8.49. The van der Waals surface area contributed by atoms with E-state index in [9.17, 15) is 4.79 Å². The molecule has 0 amide bonds. The van der Waals surface area contributed by atoms with E-state index in [0.717, 1.165) is 28.0 Å². The average molecular weight is 512 g/mol. The summed E-state index contributed by atoms with van der Waals surface area (Å²) in [6.45, 7) is 2.52. The normalized spacial score (nSPS) is 10.7. The van der Waals surface area contributed by atoms with Crippen LogP contribution in [-0.2, 0) is 17.9 Å². The van der Waals surface area contributed by atoms with Crippen LogP contribution >= 0.6 is 23.2 Å². The van der Waals surface area contributed by atoms with E-state index in [1.54, 1.807) is 20.1 Å². The highest BCUT2D eigenvalue weighted by molar-refractivity contribution is 6.35. The highest BCUT2D eigenvalue weighted by Gasteiger charge is 2.23. The molecule has 0 aliphatic rings. The maximum atomic E-state index is 12.4. The minimum atomic E-state index is -0.586. The van der Waals surface area contributed by atoms with Crippen LogP contribution in [0.1, 0.15) is 28.5 Å². The zero-order valence-corrected chi connectivity index (χ0v) is 20.7. The molecule has 0 saturated heterocycles. The van der Waals surface area contributed by atoms with Gasteiger partial charge in [0.15, 0.2) is 0 Å². The average Bonchev–Trinajstić information content (AvgIpc) is 3.25. The van der Waals surface area contributed by atoms with Crippen molar-refractivity contribution in [2.75, 3.05) is 13.7 Å². The summed E-state index contributed by atoms with van der Waals surface area (Å²) in [5.41, 5.74) is 3.76. The van der Waals surface area contributed by atoms with Gasteiger partial charge in [-0.1, -0.05) is 64.8 Å². The number of rotatable bonds is 9. The molecule has 0 radical (unpaired) electrons. The topological polar surface area (TPSA) is 75.5 Å². The van der Waals surface area contributed by atoms with Gasteiger partial charge in [0.1, 0.15) is 12.4 Å². The molecule has 0 atom stereocenters. The van der Waals surface area contributed by atoms with Gasteiger partial charge in [-0.25, -0.2) is 9.48 Å². The first-order chi connectivity index (χ1) is 17.0. The van der Waals surface area contributed by atoms with Gasteiger partial charge in [0.25, 0.3) is 0 Å². The molecular formula is C26H23Cl2N3O4. The number of methoxy groups -OCH3 is 1. The Morgan fingerprint density at radius 3 is 2.20 bits per heavy atom. The first-order valence-electron chi connectivity index (χ1n) is 10.9. The second-order valence-electron chi connectivity index (χ2n) is 7.61. The Morgan fingerprint density at radius 1 is 0.914 bits per heavy atom. The van der Waals surface area contributed by atoms with E-state index in [-0.39, 0.29) is 24.8 Å². The molecule has 180 valence electrons. The lowest BCUT2D eigenvalue weighted by Gasteiger charge is -2.11. The maximum Gasteiger partial charge on any atom is 0.364 e. The van der Waals surface area contributed by atoms with Crippen LogP contribution in [0.4, 0.5) is 0 Å². The van der Waals surface area contributed by atoms with E-state index >= 15 is 0 Å². The molecule has 0 bridgehead atoms. The van der Waals surface area contributed by atoms with Gasteiger partial charge in [0.2, 0.25) is 11.6 Å². The van der Waals surface area contributed by atoms with Crippen LogP contribution in [0, 0.1) is 0 Å². The molecule has 1 aromatic heterocycles. The first kappa shape index (κ1) is 24.6. The number of carbonyl (C=O) groups excluding carboxylic acids is 1. The largest absolute Gasteiger partial charge is 0.497 e. The van der Waals surface area contributed by atoms with E-state index in [2.05, 4.69) is 10.3 Å². The third-order valence-electron chi connectivity index (χ3n) is 5.18. The smallest absolute Gasteiger partial charge is 0.364 e. The third-order valence-corrected chi connectivity index (χ3v) is 5.61.